The number of nitriles is 1. The first-order chi connectivity index (χ1) is 11.8. The minimum atomic E-state index is -3.91. The molecule has 0 spiro atoms. The number of fused-ring (bicyclic) bond motifs is 1. The van der Waals surface area contributed by atoms with Gasteiger partial charge >= 0.3 is 0 Å². The third-order valence-electron chi connectivity index (χ3n) is 4.26. The normalized spacial score (nSPS) is 16.7. The van der Waals surface area contributed by atoms with Crippen LogP contribution in [-0.4, -0.2) is 14.3 Å². The number of nitrogens with zero attached hydrogens (tertiary/aromatic N) is 1. The van der Waals surface area contributed by atoms with Gasteiger partial charge in [0.2, 0.25) is 0 Å². The van der Waals surface area contributed by atoms with E-state index in [1.165, 1.54) is 35.6 Å². The number of hydrogen-bond acceptors (Lipinski definition) is 5. The summed E-state index contributed by atoms with van der Waals surface area (Å²) in [6.07, 6.45) is 2.48. The minimum absolute atomic E-state index is 0.0262. The number of benzene rings is 1. The van der Waals surface area contributed by atoms with Crippen molar-refractivity contribution in [3.05, 3.63) is 45.8 Å². The first kappa shape index (κ1) is 17.5. The van der Waals surface area contributed by atoms with Crippen molar-refractivity contribution in [3.8, 4) is 6.07 Å². The lowest BCUT2D eigenvalue weighted by atomic mass is 9.88. The van der Waals surface area contributed by atoms with Gasteiger partial charge in [0.1, 0.15) is 5.00 Å². The lowest BCUT2D eigenvalue weighted by molar-refractivity contribution is 0.100. The van der Waals surface area contributed by atoms with Crippen LogP contribution in [0.3, 0.4) is 0 Å². The molecule has 1 aliphatic rings. The molecule has 1 aromatic carbocycles. The van der Waals surface area contributed by atoms with Crippen LogP contribution in [0.5, 0.6) is 0 Å². The quantitative estimate of drug-likeness (QED) is 0.855. The van der Waals surface area contributed by atoms with E-state index in [0.717, 1.165) is 29.7 Å². The van der Waals surface area contributed by atoms with Crippen LogP contribution in [-0.2, 0) is 22.9 Å². The fourth-order valence-electron chi connectivity index (χ4n) is 3.00. The van der Waals surface area contributed by atoms with Crippen LogP contribution >= 0.6 is 11.3 Å². The molecule has 0 saturated heterocycles. The Kier molecular flexibility index (Phi) is 4.54. The van der Waals surface area contributed by atoms with Gasteiger partial charge in [-0.1, -0.05) is 13.0 Å². The van der Waals surface area contributed by atoms with E-state index in [9.17, 15) is 13.2 Å². The maximum absolute atomic E-state index is 12.7. The van der Waals surface area contributed by atoms with Crippen molar-refractivity contribution < 1.29 is 13.2 Å². The number of thiophene rings is 1. The topological polar surface area (TPSA) is 113 Å². The van der Waals surface area contributed by atoms with Crippen LogP contribution in [0, 0.1) is 17.2 Å². The molecule has 25 heavy (non-hydrogen) atoms. The fourth-order valence-corrected chi connectivity index (χ4v) is 5.76. The second kappa shape index (κ2) is 6.50. The summed E-state index contributed by atoms with van der Waals surface area (Å²) in [6, 6.07) is 7.64. The molecule has 0 fully saturated rings. The van der Waals surface area contributed by atoms with Gasteiger partial charge in [-0.15, -0.1) is 11.3 Å². The van der Waals surface area contributed by atoms with Crippen molar-refractivity contribution in [3.63, 3.8) is 0 Å². The molecule has 130 valence electrons. The van der Waals surface area contributed by atoms with E-state index in [4.69, 9.17) is 11.0 Å². The Labute approximate surface area is 150 Å². The molecule has 0 aliphatic heterocycles. The molecule has 0 radical (unpaired) electrons. The maximum Gasteiger partial charge on any atom is 0.262 e. The Morgan fingerprint density at radius 2 is 2.20 bits per heavy atom. The van der Waals surface area contributed by atoms with Crippen molar-refractivity contribution in [2.45, 2.75) is 31.1 Å². The Morgan fingerprint density at radius 3 is 2.88 bits per heavy atom. The minimum Gasteiger partial charge on any atom is -0.365 e. The number of carbonyl (C=O) groups is 1. The number of nitrogens with one attached hydrogen (secondary N) is 1. The zero-order chi connectivity index (χ0) is 18.2. The molecule has 3 rings (SSSR count). The van der Waals surface area contributed by atoms with Crippen LogP contribution in [0.2, 0.25) is 0 Å². The molecule has 8 heteroatoms. The molecule has 0 unspecified atom stereocenters. The molecular formula is C17H17N3O3S2. The fraction of sp³-hybridized carbons (Fsp3) is 0.294. The summed E-state index contributed by atoms with van der Waals surface area (Å²) < 4.78 is 27.8. The second-order valence-corrected chi connectivity index (χ2v) is 8.95. The van der Waals surface area contributed by atoms with Crippen molar-refractivity contribution in [1.29, 1.82) is 5.26 Å². The highest BCUT2D eigenvalue weighted by molar-refractivity contribution is 7.93. The molecular weight excluding hydrogens is 358 g/mol. The van der Waals surface area contributed by atoms with Crippen LogP contribution in [0.1, 0.15) is 39.7 Å². The molecule has 2 aromatic rings. The van der Waals surface area contributed by atoms with E-state index in [0.29, 0.717) is 5.92 Å². The third kappa shape index (κ3) is 3.38. The first-order valence-corrected chi connectivity index (χ1v) is 10.1. The third-order valence-corrected chi connectivity index (χ3v) is 6.90. The maximum atomic E-state index is 12.7. The number of rotatable bonds is 4. The lowest BCUT2D eigenvalue weighted by Crippen LogP contribution is -2.19. The summed E-state index contributed by atoms with van der Waals surface area (Å²) >= 11 is 1.27. The highest BCUT2D eigenvalue weighted by Crippen LogP contribution is 2.40. The van der Waals surface area contributed by atoms with Crippen molar-refractivity contribution >= 4 is 32.3 Å². The Bertz CT molecular complexity index is 987. The predicted molar refractivity (Wildman–Crippen MR) is 96.0 cm³/mol. The smallest absolute Gasteiger partial charge is 0.262 e. The van der Waals surface area contributed by atoms with Gasteiger partial charge in [0.25, 0.3) is 15.9 Å². The van der Waals surface area contributed by atoms with Gasteiger partial charge in [-0.05, 0) is 48.9 Å². The van der Waals surface area contributed by atoms with Gasteiger partial charge in [0.05, 0.1) is 22.1 Å². The number of hydrogen-bond donors (Lipinski definition) is 2. The Morgan fingerprint density at radius 1 is 1.44 bits per heavy atom. The molecule has 1 heterocycles. The van der Waals surface area contributed by atoms with Gasteiger partial charge in [-0.3, -0.25) is 9.52 Å². The Hall–Kier alpha value is -2.37. The lowest BCUT2D eigenvalue weighted by Gasteiger charge is -2.18. The molecule has 6 nitrogen and oxygen atoms in total. The van der Waals surface area contributed by atoms with Crippen LogP contribution in [0.25, 0.3) is 0 Å². The standard InChI is InChI=1S/C17H17N3O3S2/c1-10-5-6-13-14(7-10)24-17(15(13)16(19)21)20-25(22,23)12-4-2-3-11(8-12)9-18/h2-4,8,10,20H,5-7H2,1H3,(H2,19,21)/t10-/m0/s1. The second-order valence-electron chi connectivity index (χ2n) is 6.17. The van der Waals surface area contributed by atoms with Gasteiger partial charge in [-0.2, -0.15) is 5.26 Å². The van der Waals surface area contributed by atoms with E-state index in [2.05, 4.69) is 11.6 Å². The highest BCUT2D eigenvalue weighted by Gasteiger charge is 2.28. The molecule has 1 aromatic heterocycles. The summed E-state index contributed by atoms with van der Waals surface area (Å²) in [5.74, 6) is -0.140. The molecule has 0 bridgehead atoms. The summed E-state index contributed by atoms with van der Waals surface area (Å²) in [5, 5.41) is 9.20. The number of anilines is 1. The number of amides is 1. The number of sulfonamides is 1. The van der Waals surface area contributed by atoms with Crippen molar-refractivity contribution in [1.82, 2.24) is 0 Å². The van der Waals surface area contributed by atoms with Crippen molar-refractivity contribution in [2.75, 3.05) is 4.72 Å². The summed E-state index contributed by atoms with van der Waals surface area (Å²) in [5.41, 5.74) is 6.89. The molecule has 1 amide bonds. The zero-order valence-corrected chi connectivity index (χ0v) is 15.2. The Balaban J connectivity index is 2.02. The first-order valence-electron chi connectivity index (χ1n) is 7.79. The average molecular weight is 375 g/mol. The van der Waals surface area contributed by atoms with Gasteiger partial charge < -0.3 is 5.73 Å². The van der Waals surface area contributed by atoms with Gasteiger partial charge in [0.15, 0.2) is 0 Å². The van der Waals surface area contributed by atoms with Crippen LogP contribution in [0.15, 0.2) is 29.2 Å². The number of nitrogens with two attached hydrogens (primary N) is 1. The van der Waals surface area contributed by atoms with Gasteiger partial charge in [-0.25, -0.2) is 8.42 Å². The predicted octanol–water partition coefficient (Wildman–Crippen LogP) is 2.64. The number of primary amides is 1. The monoisotopic (exact) mass is 375 g/mol. The SMILES string of the molecule is C[C@H]1CCc2c(sc(NS(=O)(=O)c3cccc(C#N)c3)c2C(N)=O)C1. The van der Waals surface area contributed by atoms with Crippen LogP contribution < -0.4 is 10.5 Å². The number of carbonyl (C=O) groups excluding carboxylic acids is 1. The zero-order valence-electron chi connectivity index (χ0n) is 13.6. The van der Waals surface area contributed by atoms with E-state index in [1.807, 2.05) is 6.07 Å². The van der Waals surface area contributed by atoms with Gasteiger partial charge in [0, 0.05) is 4.88 Å². The van der Waals surface area contributed by atoms with E-state index < -0.39 is 15.9 Å². The molecule has 3 N–H and O–H groups in total. The molecule has 1 atom stereocenters. The van der Waals surface area contributed by atoms with E-state index in [-0.39, 0.29) is 21.0 Å². The highest BCUT2D eigenvalue weighted by atomic mass is 32.2. The summed E-state index contributed by atoms with van der Waals surface area (Å²) in [4.78, 5) is 12.9. The molecule has 1 aliphatic carbocycles. The molecule has 0 saturated carbocycles. The van der Waals surface area contributed by atoms with E-state index in [1.54, 1.807) is 0 Å². The van der Waals surface area contributed by atoms with Crippen LogP contribution in [0.4, 0.5) is 5.00 Å². The average Bonchev–Trinajstić information content (AvgIpc) is 2.91. The summed E-state index contributed by atoms with van der Waals surface area (Å²) in [7, 11) is -3.91. The summed E-state index contributed by atoms with van der Waals surface area (Å²) in [6.45, 7) is 2.13. The largest absolute Gasteiger partial charge is 0.365 e. The van der Waals surface area contributed by atoms with E-state index >= 15 is 0 Å². The van der Waals surface area contributed by atoms with Crippen molar-refractivity contribution in [2.24, 2.45) is 11.7 Å².